The second-order valence-corrected chi connectivity index (χ2v) is 4.37. The molecule has 17 heavy (non-hydrogen) atoms. The van der Waals surface area contributed by atoms with Crippen LogP contribution in [0, 0.1) is 6.92 Å². The van der Waals surface area contributed by atoms with Crippen molar-refractivity contribution in [2.75, 3.05) is 0 Å². The van der Waals surface area contributed by atoms with Gasteiger partial charge in [0.25, 0.3) is 0 Å². The number of aryl methyl sites for hydroxylation is 1. The van der Waals surface area contributed by atoms with Crippen molar-refractivity contribution in [2.24, 2.45) is 5.73 Å². The van der Waals surface area contributed by atoms with Gasteiger partial charge in [-0.25, -0.2) is 0 Å². The van der Waals surface area contributed by atoms with E-state index in [1.807, 2.05) is 39.0 Å². The number of ether oxygens (including phenoxy) is 1. The maximum Gasteiger partial charge on any atom is 0.320 e. The molecule has 0 amide bonds. The summed E-state index contributed by atoms with van der Waals surface area (Å²) >= 11 is 0. The summed E-state index contributed by atoms with van der Waals surface area (Å²) in [7, 11) is 0. The largest absolute Gasteiger partial charge is 0.491 e. The summed E-state index contributed by atoms with van der Waals surface area (Å²) in [6.45, 7) is 5.80. The second kappa shape index (κ2) is 5.68. The Hall–Kier alpha value is -1.55. The van der Waals surface area contributed by atoms with Gasteiger partial charge in [-0.2, -0.15) is 0 Å². The van der Waals surface area contributed by atoms with Crippen LogP contribution >= 0.6 is 0 Å². The van der Waals surface area contributed by atoms with Crippen LogP contribution in [0.15, 0.2) is 18.2 Å². The number of carbonyl (C=O) groups is 1. The summed E-state index contributed by atoms with van der Waals surface area (Å²) in [5.74, 6) is -0.277. The average molecular weight is 237 g/mol. The molecular formula is C13H19NO3. The third-order valence-electron chi connectivity index (χ3n) is 2.47. The molecule has 0 bridgehead atoms. The van der Waals surface area contributed by atoms with Gasteiger partial charge in [0.15, 0.2) is 0 Å². The van der Waals surface area contributed by atoms with Crippen LogP contribution in [0.2, 0.25) is 0 Å². The van der Waals surface area contributed by atoms with Crippen LogP contribution in [0.1, 0.15) is 25.0 Å². The van der Waals surface area contributed by atoms with Crippen molar-refractivity contribution < 1.29 is 14.6 Å². The van der Waals surface area contributed by atoms with E-state index in [-0.39, 0.29) is 12.5 Å². The summed E-state index contributed by atoms with van der Waals surface area (Å²) in [6.07, 6.45) is 0.334. The molecule has 0 aliphatic carbocycles. The van der Waals surface area contributed by atoms with E-state index in [4.69, 9.17) is 15.6 Å². The van der Waals surface area contributed by atoms with Crippen LogP contribution < -0.4 is 10.5 Å². The van der Waals surface area contributed by atoms with Crippen molar-refractivity contribution in [3.63, 3.8) is 0 Å². The highest BCUT2D eigenvalue weighted by Crippen LogP contribution is 2.24. The topological polar surface area (TPSA) is 72.5 Å². The summed E-state index contributed by atoms with van der Waals surface area (Å²) in [4.78, 5) is 10.8. The van der Waals surface area contributed by atoms with E-state index in [1.54, 1.807) is 0 Å². The number of hydrogen-bond acceptors (Lipinski definition) is 3. The first-order valence-corrected chi connectivity index (χ1v) is 5.65. The number of hydrogen-bond donors (Lipinski definition) is 2. The van der Waals surface area contributed by atoms with E-state index in [0.717, 1.165) is 16.9 Å². The Morgan fingerprint density at radius 1 is 1.47 bits per heavy atom. The SMILES string of the molecule is Cc1cccc(OC(C)C)c1CC(N)C(=O)O. The molecule has 4 nitrogen and oxygen atoms in total. The first kappa shape index (κ1) is 13.5. The summed E-state index contributed by atoms with van der Waals surface area (Å²) in [6, 6.07) is 4.77. The molecule has 0 aliphatic rings. The van der Waals surface area contributed by atoms with Crippen molar-refractivity contribution in [3.8, 4) is 5.75 Å². The van der Waals surface area contributed by atoms with Crippen LogP contribution in [0.25, 0.3) is 0 Å². The van der Waals surface area contributed by atoms with E-state index in [2.05, 4.69) is 0 Å². The van der Waals surface area contributed by atoms with E-state index in [0.29, 0.717) is 0 Å². The van der Waals surface area contributed by atoms with Crippen LogP contribution in [-0.2, 0) is 11.2 Å². The first-order valence-electron chi connectivity index (χ1n) is 5.65. The highest BCUT2D eigenvalue weighted by molar-refractivity contribution is 5.73. The Bertz CT molecular complexity index is 402. The van der Waals surface area contributed by atoms with Gasteiger partial charge in [0, 0.05) is 6.42 Å². The molecule has 1 atom stereocenters. The van der Waals surface area contributed by atoms with E-state index < -0.39 is 12.0 Å². The second-order valence-electron chi connectivity index (χ2n) is 4.37. The maximum absolute atomic E-state index is 10.8. The maximum atomic E-state index is 10.8. The van der Waals surface area contributed by atoms with Gasteiger partial charge in [-0.3, -0.25) is 4.79 Å². The lowest BCUT2D eigenvalue weighted by Gasteiger charge is -2.17. The molecule has 4 heteroatoms. The van der Waals surface area contributed by atoms with Gasteiger partial charge in [-0.15, -0.1) is 0 Å². The molecule has 0 aliphatic heterocycles. The molecule has 1 rings (SSSR count). The molecule has 0 spiro atoms. The lowest BCUT2D eigenvalue weighted by molar-refractivity contribution is -0.138. The van der Waals surface area contributed by atoms with Gasteiger partial charge in [0.2, 0.25) is 0 Å². The Balaban J connectivity index is 2.99. The van der Waals surface area contributed by atoms with E-state index in [1.165, 1.54) is 0 Å². The molecule has 0 fully saturated rings. The lowest BCUT2D eigenvalue weighted by Crippen LogP contribution is -2.32. The van der Waals surface area contributed by atoms with Gasteiger partial charge >= 0.3 is 5.97 Å². The molecule has 0 saturated carbocycles. The zero-order valence-electron chi connectivity index (χ0n) is 10.4. The number of carboxylic acids is 1. The molecule has 1 aromatic carbocycles. The predicted octanol–water partition coefficient (Wildman–Crippen LogP) is 1.74. The summed E-state index contributed by atoms with van der Waals surface area (Å²) in [5, 5.41) is 8.84. The molecule has 0 radical (unpaired) electrons. The lowest BCUT2D eigenvalue weighted by atomic mass is 10.0. The third kappa shape index (κ3) is 3.75. The molecule has 94 valence electrons. The first-order chi connectivity index (χ1) is 7.91. The van der Waals surface area contributed by atoms with Gasteiger partial charge in [-0.1, -0.05) is 12.1 Å². The number of benzene rings is 1. The highest BCUT2D eigenvalue weighted by atomic mass is 16.5. The van der Waals surface area contributed by atoms with Crippen LogP contribution in [0.4, 0.5) is 0 Å². The predicted molar refractivity (Wildman–Crippen MR) is 66.3 cm³/mol. The fourth-order valence-electron chi connectivity index (χ4n) is 1.61. The van der Waals surface area contributed by atoms with Crippen molar-refractivity contribution >= 4 is 5.97 Å². The minimum Gasteiger partial charge on any atom is -0.491 e. The summed E-state index contributed by atoms with van der Waals surface area (Å²) < 4.78 is 5.66. The number of carboxylic acid groups (broad SMARTS) is 1. The van der Waals surface area contributed by atoms with Gasteiger partial charge in [0.05, 0.1) is 6.10 Å². The van der Waals surface area contributed by atoms with Crippen LogP contribution in [0.5, 0.6) is 5.75 Å². The molecular weight excluding hydrogens is 218 g/mol. The zero-order valence-corrected chi connectivity index (χ0v) is 10.4. The quantitative estimate of drug-likeness (QED) is 0.818. The van der Waals surface area contributed by atoms with Gasteiger partial charge in [0.1, 0.15) is 11.8 Å². The smallest absolute Gasteiger partial charge is 0.320 e. The molecule has 0 heterocycles. The van der Waals surface area contributed by atoms with E-state index >= 15 is 0 Å². The Morgan fingerprint density at radius 3 is 2.65 bits per heavy atom. The number of aliphatic carboxylic acids is 1. The number of rotatable bonds is 5. The monoisotopic (exact) mass is 237 g/mol. The molecule has 1 unspecified atom stereocenters. The van der Waals surface area contributed by atoms with Crippen LogP contribution in [0.3, 0.4) is 0 Å². The molecule has 3 N–H and O–H groups in total. The Kier molecular flexibility index (Phi) is 4.52. The van der Waals surface area contributed by atoms with Crippen LogP contribution in [-0.4, -0.2) is 23.2 Å². The van der Waals surface area contributed by atoms with E-state index in [9.17, 15) is 4.79 Å². The van der Waals surface area contributed by atoms with Crippen molar-refractivity contribution in [3.05, 3.63) is 29.3 Å². The summed E-state index contributed by atoms with van der Waals surface area (Å²) in [5.41, 5.74) is 7.43. The Morgan fingerprint density at radius 2 is 2.12 bits per heavy atom. The fourth-order valence-corrected chi connectivity index (χ4v) is 1.61. The fraction of sp³-hybridized carbons (Fsp3) is 0.462. The minimum atomic E-state index is -0.997. The third-order valence-corrected chi connectivity index (χ3v) is 2.47. The van der Waals surface area contributed by atoms with Crippen molar-refractivity contribution in [1.29, 1.82) is 0 Å². The van der Waals surface area contributed by atoms with Gasteiger partial charge in [-0.05, 0) is 38.0 Å². The standard InChI is InChI=1S/C13H19NO3/c1-8(2)17-12-6-4-5-9(3)10(12)7-11(14)13(15)16/h4-6,8,11H,7,14H2,1-3H3,(H,15,16). The van der Waals surface area contributed by atoms with Crippen molar-refractivity contribution in [2.45, 2.75) is 39.3 Å². The molecule has 0 saturated heterocycles. The minimum absolute atomic E-state index is 0.0524. The zero-order chi connectivity index (χ0) is 13.0. The van der Waals surface area contributed by atoms with Crippen molar-refractivity contribution in [1.82, 2.24) is 0 Å². The van der Waals surface area contributed by atoms with Gasteiger partial charge < -0.3 is 15.6 Å². The highest BCUT2D eigenvalue weighted by Gasteiger charge is 2.17. The molecule has 0 aromatic heterocycles. The molecule has 1 aromatic rings. The Labute approximate surface area is 101 Å². The number of nitrogens with two attached hydrogens (primary N) is 1. The average Bonchev–Trinajstić information content (AvgIpc) is 2.22. The normalized spacial score (nSPS) is 12.5.